The van der Waals surface area contributed by atoms with Crippen molar-refractivity contribution < 1.29 is 9.18 Å². The van der Waals surface area contributed by atoms with Crippen LogP contribution in [0.15, 0.2) is 48.5 Å². The summed E-state index contributed by atoms with van der Waals surface area (Å²) in [6, 6.07) is 14.6. The van der Waals surface area contributed by atoms with Crippen LogP contribution < -0.4 is 4.90 Å². The molecule has 0 bridgehead atoms. The van der Waals surface area contributed by atoms with Crippen LogP contribution in [0.2, 0.25) is 0 Å². The molecule has 1 aliphatic rings. The van der Waals surface area contributed by atoms with Gasteiger partial charge in [0.2, 0.25) is 5.91 Å². The first-order valence-electron chi connectivity index (χ1n) is 7.81. The fourth-order valence-electron chi connectivity index (χ4n) is 2.76. The van der Waals surface area contributed by atoms with E-state index in [9.17, 15) is 9.18 Å². The number of benzene rings is 2. The van der Waals surface area contributed by atoms with E-state index in [-0.39, 0.29) is 22.3 Å². The van der Waals surface area contributed by atoms with Crippen LogP contribution in [0.1, 0.15) is 43.2 Å². The van der Waals surface area contributed by atoms with Gasteiger partial charge in [0, 0.05) is 5.69 Å². The van der Waals surface area contributed by atoms with Gasteiger partial charge in [0.1, 0.15) is 11.2 Å². The Bertz CT molecular complexity index is 696. The predicted octanol–water partition coefficient (Wildman–Crippen LogP) is 5.12. The van der Waals surface area contributed by atoms with Crippen LogP contribution in [0.3, 0.4) is 0 Å². The molecule has 0 radical (unpaired) electrons. The lowest BCUT2D eigenvalue weighted by Gasteiger charge is -2.24. The number of carbonyl (C=O) groups is 1. The Kier molecular flexibility index (Phi) is 4.44. The molecule has 1 fully saturated rings. The van der Waals surface area contributed by atoms with Gasteiger partial charge in [0.25, 0.3) is 0 Å². The van der Waals surface area contributed by atoms with E-state index in [0.29, 0.717) is 5.92 Å². The number of amides is 1. The lowest BCUT2D eigenvalue weighted by Crippen LogP contribution is -2.30. The summed E-state index contributed by atoms with van der Waals surface area (Å²) in [5.41, 5.74) is 3.09. The summed E-state index contributed by atoms with van der Waals surface area (Å²) in [6.45, 7) is 6.22. The Morgan fingerprint density at radius 2 is 1.65 bits per heavy atom. The molecular formula is C19H20FNOS. The molecule has 0 aliphatic carbocycles. The van der Waals surface area contributed by atoms with Gasteiger partial charge in [-0.15, -0.1) is 11.8 Å². The van der Waals surface area contributed by atoms with E-state index >= 15 is 0 Å². The second-order valence-electron chi connectivity index (χ2n) is 6.14. The van der Waals surface area contributed by atoms with Gasteiger partial charge in [0.05, 0.1) is 5.25 Å². The molecule has 0 N–H and O–H groups in total. The number of anilines is 1. The summed E-state index contributed by atoms with van der Waals surface area (Å²) < 4.78 is 13.2. The first kappa shape index (κ1) is 16.1. The molecule has 3 rings (SSSR count). The van der Waals surface area contributed by atoms with E-state index in [1.54, 1.807) is 23.9 Å². The molecule has 2 aromatic carbocycles. The Balaban J connectivity index is 1.96. The van der Waals surface area contributed by atoms with Crippen molar-refractivity contribution in [2.75, 3.05) is 4.90 Å². The van der Waals surface area contributed by atoms with E-state index in [0.717, 1.165) is 11.3 Å². The minimum atomic E-state index is -0.260. The zero-order chi connectivity index (χ0) is 16.6. The molecule has 0 spiro atoms. The molecule has 1 aliphatic heterocycles. The largest absolute Gasteiger partial charge is 0.295 e. The molecule has 0 saturated carbocycles. The fraction of sp³-hybridized carbons (Fsp3) is 0.316. The van der Waals surface area contributed by atoms with E-state index < -0.39 is 0 Å². The maximum atomic E-state index is 13.2. The summed E-state index contributed by atoms with van der Waals surface area (Å²) >= 11 is 1.60. The normalized spacial score (nSPS) is 21.3. The number of halogens is 1. The molecule has 0 aromatic heterocycles. The van der Waals surface area contributed by atoms with Gasteiger partial charge in [-0.25, -0.2) is 4.39 Å². The van der Waals surface area contributed by atoms with Crippen molar-refractivity contribution in [2.45, 2.75) is 37.3 Å². The van der Waals surface area contributed by atoms with E-state index in [4.69, 9.17) is 0 Å². The molecule has 23 heavy (non-hydrogen) atoms. The van der Waals surface area contributed by atoms with Gasteiger partial charge < -0.3 is 0 Å². The molecule has 4 heteroatoms. The number of thioether (sulfide) groups is 1. The minimum Gasteiger partial charge on any atom is -0.295 e. The van der Waals surface area contributed by atoms with Crippen molar-refractivity contribution in [3.63, 3.8) is 0 Å². The van der Waals surface area contributed by atoms with Crippen LogP contribution in [-0.4, -0.2) is 11.2 Å². The molecule has 120 valence electrons. The van der Waals surface area contributed by atoms with Gasteiger partial charge in [0.15, 0.2) is 0 Å². The van der Waals surface area contributed by atoms with Crippen molar-refractivity contribution >= 4 is 23.4 Å². The number of nitrogens with zero attached hydrogens (tertiary/aromatic N) is 1. The molecule has 1 saturated heterocycles. The van der Waals surface area contributed by atoms with Crippen LogP contribution in [0.25, 0.3) is 0 Å². The summed E-state index contributed by atoms with van der Waals surface area (Å²) in [5, 5.41) is -0.210. The Morgan fingerprint density at radius 3 is 2.22 bits per heavy atom. The second-order valence-corrected chi connectivity index (χ2v) is 7.56. The zero-order valence-corrected chi connectivity index (χ0v) is 14.3. The standard InChI is InChI=1S/C19H20FNOS/c1-12(2)14-6-10-17(11-7-14)21-18(22)13(3)23-19(21)15-4-8-16(20)9-5-15/h4-13,19H,1-3H3/t13-,19+/m1/s1. The third-order valence-electron chi connectivity index (χ3n) is 4.15. The highest BCUT2D eigenvalue weighted by Gasteiger charge is 2.39. The number of rotatable bonds is 3. The van der Waals surface area contributed by atoms with Gasteiger partial charge >= 0.3 is 0 Å². The molecular weight excluding hydrogens is 309 g/mol. The average Bonchev–Trinajstić information content (AvgIpc) is 2.84. The Labute approximate surface area is 140 Å². The van der Waals surface area contributed by atoms with Crippen molar-refractivity contribution in [1.29, 1.82) is 0 Å². The highest BCUT2D eigenvalue weighted by molar-refractivity contribution is 8.01. The highest BCUT2D eigenvalue weighted by atomic mass is 32.2. The van der Waals surface area contributed by atoms with Crippen LogP contribution >= 0.6 is 11.8 Å². The lowest BCUT2D eigenvalue weighted by atomic mass is 10.0. The third-order valence-corrected chi connectivity index (χ3v) is 5.50. The fourth-order valence-corrected chi connectivity index (χ4v) is 4.04. The number of hydrogen-bond acceptors (Lipinski definition) is 2. The molecule has 2 atom stereocenters. The quantitative estimate of drug-likeness (QED) is 0.779. The molecule has 2 aromatic rings. The van der Waals surface area contributed by atoms with Gasteiger partial charge in [-0.3, -0.25) is 9.69 Å². The van der Waals surface area contributed by atoms with Crippen LogP contribution in [0.4, 0.5) is 10.1 Å². The molecule has 1 heterocycles. The SMILES string of the molecule is CC(C)c1ccc(N2C(=O)[C@@H](C)S[C@H]2c2ccc(F)cc2)cc1. The average molecular weight is 329 g/mol. The maximum Gasteiger partial charge on any atom is 0.241 e. The summed E-state index contributed by atoms with van der Waals surface area (Å²) in [5.74, 6) is 0.296. The maximum absolute atomic E-state index is 13.2. The highest BCUT2D eigenvalue weighted by Crippen LogP contribution is 2.45. The monoisotopic (exact) mass is 329 g/mol. The predicted molar refractivity (Wildman–Crippen MR) is 94.2 cm³/mol. The first-order chi connectivity index (χ1) is 11.0. The number of carbonyl (C=O) groups excluding carboxylic acids is 1. The van der Waals surface area contributed by atoms with Crippen molar-refractivity contribution in [1.82, 2.24) is 0 Å². The van der Waals surface area contributed by atoms with E-state index in [1.807, 2.05) is 24.0 Å². The minimum absolute atomic E-state index is 0.0987. The van der Waals surface area contributed by atoms with Gasteiger partial charge in [-0.2, -0.15) is 0 Å². The van der Waals surface area contributed by atoms with Gasteiger partial charge in [-0.05, 0) is 48.2 Å². The number of hydrogen-bond donors (Lipinski definition) is 0. The Hall–Kier alpha value is -1.81. The van der Waals surface area contributed by atoms with E-state index in [2.05, 4.69) is 26.0 Å². The van der Waals surface area contributed by atoms with Crippen molar-refractivity contribution in [2.24, 2.45) is 0 Å². The third kappa shape index (κ3) is 3.13. The first-order valence-corrected chi connectivity index (χ1v) is 8.75. The molecule has 1 amide bonds. The smallest absolute Gasteiger partial charge is 0.241 e. The van der Waals surface area contributed by atoms with Gasteiger partial charge in [-0.1, -0.05) is 38.1 Å². The van der Waals surface area contributed by atoms with Crippen molar-refractivity contribution in [3.8, 4) is 0 Å². The molecule has 0 unspecified atom stereocenters. The lowest BCUT2D eigenvalue weighted by molar-refractivity contribution is -0.117. The summed E-state index contributed by atoms with van der Waals surface area (Å²) in [4.78, 5) is 14.4. The van der Waals surface area contributed by atoms with Crippen LogP contribution in [-0.2, 0) is 4.79 Å². The second kappa shape index (κ2) is 6.36. The zero-order valence-electron chi connectivity index (χ0n) is 13.5. The topological polar surface area (TPSA) is 20.3 Å². The summed E-state index contributed by atoms with van der Waals surface area (Å²) in [7, 11) is 0. The molecule has 2 nitrogen and oxygen atoms in total. The van der Waals surface area contributed by atoms with Crippen LogP contribution in [0, 0.1) is 5.82 Å². The van der Waals surface area contributed by atoms with E-state index in [1.165, 1.54) is 17.7 Å². The summed E-state index contributed by atoms with van der Waals surface area (Å²) in [6.07, 6.45) is 0. The Morgan fingerprint density at radius 1 is 1.04 bits per heavy atom. The van der Waals surface area contributed by atoms with Crippen molar-refractivity contribution in [3.05, 3.63) is 65.5 Å². The van der Waals surface area contributed by atoms with Crippen LogP contribution in [0.5, 0.6) is 0 Å².